The summed E-state index contributed by atoms with van der Waals surface area (Å²) in [6.45, 7) is 0.660. The number of nitriles is 1. The molecule has 5 heteroatoms. The minimum atomic E-state index is 0.548. The lowest BCUT2D eigenvalue weighted by Crippen LogP contribution is -2.08. The quantitative estimate of drug-likeness (QED) is 0.757. The second-order valence-electron chi connectivity index (χ2n) is 4.80. The van der Waals surface area contributed by atoms with Crippen LogP contribution in [0.2, 0.25) is 0 Å². The smallest absolute Gasteiger partial charge is 0.143 e. The van der Waals surface area contributed by atoms with Gasteiger partial charge >= 0.3 is 0 Å². The maximum absolute atomic E-state index is 9.02. The fourth-order valence-corrected chi connectivity index (χ4v) is 2.19. The zero-order chi connectivity index (χ0) is 15.2. The highest BCUT2D eigenvalue weighted by Gasteiger charge is 2.04. The van der Waals surface area contributed by atoms with E-state index in [1.807, 2.05) is 36.5 Å². The third kappa shape index (κ3) is 3.13. The Morgan fingerprint density at radius 3 is 2.77 bits per heavy atom. The molecule has 0 amide bonds. The molecular formula is C17H15N5. The Morgan fingerprint density at radius 2 is 1.95 bits per heavy atom. The average Bonchev–Trinajstić information content (AvgIpc) is 3.05. The number of hydrogen-bond donors (Lipinski definition) is 2. The fourth-order valence-electron chi connectivity index (χ4n) is 2.19. The molecule has 0 saturated carbocycles. The Kier molecular flexibility index (Phi) is 4.12. The van der Waals surface area contributed by atoms with E-state index < -0.39 is 0 Å². The molecule has 0 aliphatic heterocycles. The molecule has 0 atom stereocenters. The lowest BCUT2D eigenvalue weighted by molar-refractivity contribution is 0.922. The molecule has 5 nitrogen and oxygen atoms in total. The summed E-state index contributed by atoms with van der Waals surface area (Å²) in [7, 11) is 0. The maximum Gasteiger partial charge on any atom is 0.143 e. The lowest BCUT2D eigenvalue weighted by atomic mass is 10.2. The molecule has 2 heterocycles. The van der Waals surface area contributed by atoms with Crippen LogP contribution in [0.15, 0.2) is 54.9 Å². The van der Waals surface area contributed by atoms with Gasteiger partial charge in [0.2, 0.25) is 0 Å². The van der Waals surface area contributed by atoms with Crippen molar-refractivity contribution in [3.05, 3.63) is 66.2 Å². The van der Waals surface area contributed by atoms with Gasteiger partial charge in [-0.3, -0.25) is 0 Å². The van der Waals surface area contributed by atoms with Crippen molar-refractivity contribution >= 4 is 5.82 Å². The molecule has 108 valence electrons. The van der Waals surface area contributed by atoms with Crippen molar-refractivity contribution in [3.8, 4) is 17.3 Å². The van der Waals surface area contributed by atoms with Gasteiger partial charge < -0.3 is 10.3 Å². The molecule has 0 fully saturated rings. The number of nitrogens with one attached hydrogen (secondary N) is 2. The molecule has 0 bridgehead atoms. The average molecular weight is 289 g/mol. The minimum Gasteiger partial charge on any atom is -0.369 e. The number of rotatable bonds is 5. The van der Waals surface area contributed by atoms with E-state index in [0.717, 1.165) is 23.5 Å². The summed E-state index contributed by atoms with van der Waals surface area (Å²) in [5.41, 5.74) is 2.67. The van der Waals surface area contributed by atoms with Crippen LogP contribution in [0.3, 0.4) is 0 Å². The number of H-pyrrole nitrogens is 1. The number of aromatic amines is 1. The van der Waals surface area contributed by atoms with Crippen LogP contribution in [-0.2, 0) is 6.42 Å². The van der Waals surface area contributed by atoms with Gasteiger partial charge in [-0.05, 0) is 17.7 Å². The number of imidazole rings is 1. The Labute approximate surface area is 128 Å². The van der Waals surface area contributed by atoms with E-state index in [0.29, 0.717) is 17.9 Å². The molecule has 0 saturated heterocycles. The van der Waals surface area contributed by atoms with Gasteiger partial charge in [0.25, 0.3) is 0 Å². The van der Waals surface area contributed by atoms with E-state index in [1.165, 1.54) is 0 Å². The Morgan fingerprint density at radius 1 is 1.09 bits per heavy atom. The van der Waals surface area contributed by atoms with Crippen LogP contribution in [0.25, 0.3) is 11.3 Å². The summed E-state index contributed by atoms with van der Waals surface area (Å²) in [5, 5.41) is 12.2. The highest BCUT2D eigenvalue weighted by atomic mass is 15.0. The predicted molar refractivity (Wildman–Crippen MR) is 85.2 cm³/mol. The number of hydrogen-bond acceptors (Lipinski definition) is 4. The summed E-state index contributed by atoms with van der Waals surface area (Å²) >= 11 is 0. The zero-order valence-corrected chi connectivity index (χ0v) is 12.0. The molecule has 0 spiro atoms. The van der Waals surface area contributed by atoms with Crippen LogP contribution in [0.4, 0.5) is 5.82 Å². The Hall–Kier alpha value is -3.13. The normalized spacial score (nSPS) is 10.1. The summed E-state index contributed by atoms with van der Waals surface area (Å²) in [4.78, 5) is 11.9. The topological polar surface area (TPSA) is 77.4 Å². The largest absolute Gasteiger partial charge is 0.369 e. The third-order valence-electron chi connectivity index (χ3n) is 3.30. The highest BCUT2D eigenvalue weighted by Crippen LogP contribution is 2.16. The van der Waals surface area contributed by atoms with Gasteiger partial charge in [-0.25, -0.2) is 9.97 Å². The molecule has 0 unspecified atom stereocenters. The molecule has 3 rings (SSSR count). The first-order valence-electron chi connectivity index (χ1n) is 7.05. The van der Waals surface area contributed by atoms with Crippen molar-refractivity contribution in [3.63, 3.8) is 0 Å². The van der Waals surface area contributed by atoms with Crippen LogP contribution < -0.4 is 5.32 Å². The monoisotopic (exact) mass is 289 g/mol. The van der Waals surface area contributed by atoms with Crippen LogP contribution >= 0.6 is 0 Å². The van der Waals surface area contributed by atoms with Crippen molar-refractivity contribution in [2.45, 2.75) is 6.42 Å². The maximum atomic E-state index is 9.02. The number of anilines is 1. The molecule has 22 heavy (non-hydrogen) atoms. The molecular weight excluding hydrogens is 274 g/mol. The summed E-state index contributed by atoms with van der Waals surface area (Å²) < 4.78 is 0. The number of pyridine rings is 1. The number of nitrogens with zero attached hydrogens (tertiary/aromatic N) is 3. The lowest BCUT2D eigenvalue weighted by Gasteiger charge is -2.05. The van der Waals surface area contributed by atoms with E-state index in [9.17, 15) is 0 Å². The minimum absolute atomic E-state index is 0.548. The van der Waals surface area contributed by atoms with Crippen molar-refractivity contribution in [2.24, 2.45) is 0 Å². The number of benzene rings is 1. The van der Waals surface area contributed by atoms with Crippen LogP contribution in [0.5, 0.6) is 0 Å². The van der Waals surface area contributed by atoms with Crippen molar-refractivity contribution in [2.75, 3.05) is 11.9 Å². The molecule has 3 aromatic rings. The third-order valence-corrected chi connectivity index (χ3v) is 3.30. The highest BCUT2D eigenvalue weighted by molar-refractivity contribution is 5.58. The van der Waals surface area contributed by atoms with Gasteiger partial charge in [0, 0.05) is 19.2 Å². The Bertz CT molecular complexity index is 786. The van der Waals surface area contributed by atoms with Gasteiger partial charge in [0.05, 0.1) is 17.5 Å². The zero-order valence-electron chi connectivity index (χ0n) is 12.0. The first-order valence-corrected chi connectivity index (χ1v) is 7.05. The summed E-state index contributed by atoms with van der Waals surface area (Å²) in [6, 6.07) is 15.7. The molecule has 2 aromatic heterocycles. The SMILES string of the molecule is N#Cc1cccnc1NCCc1ncc(-c2ccccc2)[nH]1. The van der Waals surface area contributed by atoms with E-state index in [2.05, 4.69) is 26.3 Å². The Balaban J connectivity index is 1.61. The molecule has 0 radical (unpaired) electrons. The standard InChI is InChI=1S/C17H15N5/c18-11-14-7-4-9-19-17(14)20-10-8-16-21-12-15(22-16)13-5-2-1-3-6-13/h1-7,9,12H,8,10H2,(H,19,20)(H,21,22). The predicted octanol–water partition coefficient (Wildman–Crippen LogP) is 3.00. The van der Waals surface area contributed by atoms with Gasteiger partial charge in [-0.2, -0.15) is 5.26 Å². The van der Waals surface area contributed by atoms with Crippen LogP contribution in [0, 0.1) is 11.3 Å². The first-order chi connectivity index (χ1) is 10.9. The van der Waals surface area contributed by atoms with E-state index in [1.54, 1.807) is 18.3 Å². The number of aromatic nitrogens is 3. The van der Waals surface area contributed by atoms with Gasteiger partial charge in [0.15, 0.2) is 0 Å². The molecule has 0 aliphatic rings. The van der Waals surface area contributed by atoms with Gasteiger partial charge in [0.1, 0.15) is 17.7 Å². The van der Waals surface area contributed by atoms with Gasteiger partial charge in [-0.15, -0.1) is 0 Å². The van der Waals surface area contributed by atoms with Crippen LogP contribution in [0.1, 0.15) is 11.4 Å². The van der Waals surface area contributed by atoms with Crippen LogP contribution in [-0.4, -0.2) is 21.5 Å². The van der Waals surface area contributed by atoms with E-state index in [-0.39, 0.29) is 0 Å². The van der Waals surface area contributed by atoms with E-state index >= 15 is 0 Å². The van der Waals surface area contributed by atoms with Crippen molar-refractivity contribution in [1.29, 1.82) is 5.26 Å². The molecule has 2 N–H and O–H groups in total. The summed E-state index contributed by atoms with van der Waals surface area (Å²) in [5.74, 6) is 1.51. The van der Waals surface area contributed by atoms with Gasteiger partial charge in [-0.1, -0.05) is 30.3 Å². The van der Waals surface area contributed by atoms with Crippen molar-refractivity contribution in [1.82, 2.24) is 15.0 Å². The fraction of sp³-hybridized carbons (Fsp3) is 0.118. The molecule has 0 aliphatic carbocycles. The second kappa shape index (κ2) is 6.55. The molecule has 1 aromatic carbocycles. The van der Waals surface area contributed by atoms with Crippen molar-refractivity contribution < 1.29 is 0 Å². The second-order valence-corrected chi connectivity index (χ2v) is 4.80. The van der Waals surface area contributed by atoms with E-state index in [4.69, 9.17) is 5.26 Å². The first kappa shape index (κ1) is 13.8. The summed E-state index contributed by atoms with van der Waals surface area (Å²) in [6.07, 6.45) is 4.24.